The quantitative estimate of drug-likeness (QED) is 0.400. The molecule has 4 aromatic rings. The highest BCUT2D eigenvalue weighted by Gasteiger charge is 2.25. The first-order valence-corrected chi connectivity index (χ1v) is 13.4. The Hall–Kier alpha value is -3.69. The number of aromatic carboxylic acids is 1. The molecule has 0 saturated carbocycles. The summed E-state index contributed by atoms with van der Waals surface area (Å²) in [6.07, 6.45) is 5.03. The first-order valence-electron chi connectivity index (χ1n) is 12.5. The summed E-state index contributed by atoms with van der Waals surface area (Å²) in [5.41, 5.74) is 3.56. The minimum Gasteiger partial charge on any atom is -0.477 e. The lowest BCUT2D eigenvalue weighted by Crippen LogP contribution is -2.21. The molecule has 2 aliphatic heterocycles. The van der Waals surface area contributed by atoms with Crippen LogP contribution in [0.25, 0.3) is 27.2 Å². The monoisotopic (exact) mass is 516 g/mol. The lowest BCUT2D eigenvalue weighted by Gasteiger charge is -2.19. The van der Waals surface area contributed by atoms with Crippen molar-refractivity contribution in [1.82, 2.24) is 9.55 Å². The van der Waals surface area contributed by atoms with Gasteiger partial charge in [-0.3, -0.25) is 4.79 Å². The van der Waals surface area contributed by atoms with Crippen molar-refractivity contribution in [3.63, 3.8) is 0 Å². The van der Waals surface area contributed by atoms with Gasteiger partial charge in [0.2, 0.25) is 0 Å². The molecule has 190 valence electrons. The van der Waals surface area contributed by atoms with E-state index in [-0.39, 0.29) is 11.7 Å². The molecule has 0 aliphatic carbocycles. The Kier molecular flexibility index (Phi) is 6.18. The molecule has 0 amide bonds. The second-order valence-electron chi connectivity index (χ2n) is 9.59. The zero-order chi connectivity index (χ0) is 25.5. The third-order valence-corrected chi connectivity index (χ3v) is 8.38. The van der Waals surface area contributed by atoms with Crippen LogP contribution in [0.1, 0.15) is 29.6 Å². The molecule has 37 heavy (non-hydrogen) atoms. The molecule has 0 bridgehead atoms. The van der Waals surface area contributed by atoms with Crippen LogP contribution in [0.4, 0.5) is 10.8 Å². The normalized spacial score (nSPS) is 17.7. The predicted molar refractivity (Wildman–Crippen MR) is 147 cm³/mol. The number of carbonyl (C=O) groups is 1. The number of hydrogen-bond donors (Lipinski definition) is 1. The second kappa shape index (κ2) is 9.64. The Morgan fingerprint density at radius 3 is 2.49 bits per heavy atom. The number of nitrogens with zero attached hydrogens (tertiary/aromatic N) is 4. The standard InChI is InChI=1S/C28H28N4O4S/c1-36-21-10-13-31(16-21)28-29-23-9-8-20(14-26(23)37-28)32-17-22(27(34)35)25(33)15-24(32)18-4-6-19(7-5-18)30-11-2-3-12-30/h4-9,14-15,17,21H,2-3,10-13,16H2,1H3,(H,34,35)/t21-/m1/s1. The van der Waals surface area contributed by atoms with Gasteiger partial charge in [-0.2, -0.15) is 0 Å². The first-order chi connectivity index (χ1) is 18.0. The van der Waals surface area contributed by atoms with Gasteiger partial charge in [0.1, 0.15) is 5.56 Å². The summed E-state index contributed by atoms with van der Waals surface area (Å²) in [5, 5.41) is 10.6. The van der Waals surface area contributed by atoms with Gasteiger partial charge in [0, 0.05) is 56.9 Å². The van der Waals surface area contributed by atoms with E-state index in [2.05, 4.69) is 21.9 Å². The molecule has 0 radical (unpaired) electrons. The maximum Gasteiger partial charge on any atom is 0.341 e. The number of pyridine rings is 1. The summed E-state index contributed by atoms with van der Waals surface area (Å²) in [7, 11) is 1.74. The highest BCUT2D eigenvalue weighted by Crippen LogP contribution is 2.34. The molecule has 2 aromatic heterocycles. The number of ether oxygens (including phenoxy) is 1. The van der Waals surface area contributed by atoms with Crippen LogP contribution < -0.4 is 15.2 Å². The molecule has 6 rings (SSSR count). The molecule has 0 spiro atoms. The van der Waals surface area contributed by atoms with Crippen molar-refractivity contribution in [3.05, 3.63) is 70.5 Å². The van der Waals surface area contributed by atoms with Crippen LogP contribution in [0.2, 0.25) is 0 Å². The van der Waals surface area contributed by atoms with Gasteiger partial charge in [0.25, 0.3) is 0 Å². The Morgan fingerprint density at radius 2 is 1.78 bits per heavy atom. The minimum atomic E-state index is -1.24. The van der Waals surface area contributed by atoms with Gasteiger partial charge >= 0.3 is 5.97 Å². The van der Waals surface area contributed by atoms with Gasteiger partial charge in [-0.1, -0.05) is 23.5 Å². The minimum absolute atomic E-state index is 0.220. The fraction of sp³-hybridized carbons (Fsp3) is 0.321. The molecular weight excluding hydrogens is 488 g/mol. The molecule has 2 saturated heterocycles. The number of thiazole rings is 1. The zero-order valence-electron chi connectivity index (χ0n) is 20.6. The summed E-state index contributed by atoms with van der Waals surface area (Å²) in [4.78, 5) is 33.9. The Morgan fingerprint density at radius 1 is 1.03 bits per heavy atom. The fourth-order valence-electron chi connectivity index (χ4n) is 5.23. The Labute approximate surface area is 218 Å². The first kappa shape index (κ1) is 23.7. The Bertz CT molecular complexity index is 1520. The molecule has 2 fully saturated rings. The third-order valence-electron chi connectivity index (χ3n) is 7.30. The number of aromatic nitrogens is 2. The molecule has 9 heteroatoms. The fourth-order valence-corrected chi connectivity index (χ4v) is 6.26. The van der Waals surface area contributed by atoms with Crippen molar-refractivity contribution in [2.75, 3.05) is 43.1 Å². The van der Waals surface area contributed by atoms with Crippen LogP contribution in [0.5, 0.6) is 0 Å². The molecule has 1 atom stereocenters. The van der Waals surface area contributed by atoms with Gasteiger partial charge in [0.15, 0.2) is 10.6 Å². The van der Waals surface area contributed by atoms with Crippen LogP contribution in [-0.4, -0.2) is 60.0 Å². The average molecular weight is 517 g/mol. The molecule has 8 nitrogen and oxygen atoms in total. The van der Waals surface area contributed by atoms with Gasteiger partial charge in [-0.25, -0.2) is 9.78 Å². The number of rotatable bonds is 6. The van der Waals surface area contributed by atoms with Crippen LogP contribution in [0.3, 0.4) is 0 Å². The van der Waals surface area contributed by atoms with E-state index in [9.17, 15) is 14.7 Å². The number of carboxylic acid groups (broad SMARTS) is 1. The number of carboxylic acids is 1. The van der Waals surface area contributed by atoms with Crippen LogP contribution in [-0.2, 0) is 4.74 Å². The number of anilines is 2. The van der Waals surface area contributed by atoms with E-state index < -0.39 is 11.4 Å². The third kappa shape index (κ3) is 4.49. The van der Waals surface area contributed by atoms with Crippen LogP contribution in [0, 0.1) is 0 Å². The van der Waals surface area contributed by atoms with Crippen molar-refractivity contribution in [1.29, 1.82) is 0 Å². The number of methoxy groups -OCH3 is 1. The van der Waals surface area contributed by atoms with Crippen molar-refractivity contribution >= 4 is 38.3 Å². The summed E-state index contributed by atoms with van der Waals surface area (Å²) >= 11 is 1.61. The van der Waals surface area contributed by atoms with Gasteiger partial charge < -0.3 is 24.2 Å². The molecule has 0 unspecified atom stereocenters. The molecule has 2 aliphatic rings. The lowest BCUT2D eigenvalue weighted by atomic mass is 10.1. The molecular formula is C28H28N4O4S. The Balaban J connectivity index is 1.41. The van der Waals surface area contributed by atoms with Gasteiger partial charge in [-0.15, -0.1) is 0 Å². The predicted octanol–water partition coefficient (Wildman–Crippen LogP) is 4.64. The average Bonchev–Trinajstić information content (AvgIpc) is 3.68. The summed E-state index contributed by atoms with van der Waals surface area (Å²) in [6, 6.07) is 15.5. The van der Waals surface area contributed by atoms with E-state index in [0.29, 0.717) is 5.69 Å². The molecule has 2 aromatic carbocycles. The van der Waals surface area contributed by atoms with Crippen molar-refractivity contribution < 1.29 is 14.6 Å². The highest BCUT2D eigenvalue weighted by molar-refractivity contribution is 7.22. The molecule has 1 N–H and O–H groups in total. The van der Waals surface area contributed by atoms with E-state index >= 15 is 0 Å². The van der Waals surface area contributed by atoms with E-state index in [1.807, 2.05) is 30.3 Å². The number of hydrogen-bond acceptors (Lipinski definition) is 7. The van der Waals surface area contributed by atoms with Crippen molar-refractivity contribution in [2.24, 2.45) is 0 Å². The van der Waals surface area contributed by atoms with Crippen molar-refractivity contribution in [3.8, 4) is 16.9 Å². The summed E-state index contributed by atoms with van der Waals surface area (Å²) < 4.78 is 8.30. The number of fused-ring (bicyclic) bond motifs is 1. The number of benzene rings is 2. The highest BCUT2D eigenvalue weighted by atomic mass is 32.1. The summed E-state index contributed by atoms with van der Waals surface area (Å²) in [6.45, 7) is 3.84. The van der Waals surface area contributed by atoms with Crippen LogP contribution >= 0.6 is 11.3 Å². The smallest absolute Gasteiger partial charge is 0.341 e. The van der Waals surface area contributed by atoms with Gasteiger partial charge in [-0.05, 0) is 55.2 Å². The zero-order valence-corrected chi connectivity index (χ0v) is 21.4. The van der Waals surface area contributed by atoms with Crippen LogP contribution in [0.15, 0.2) is 59.5 Å². The topological polar surface area (TPSA) is 87.9 Å². The molecule has 4 heterocycles. The second-order valence-corrected chi connectivity index (χ2v) is 10.6. The lowest BCUT2D eigenvalue weighted by molar-refractivity contribution is 0.0695. The largest absolute Gasteiger partial charge is 0.477 e. The summed E-state index contributed by atoms with van der Waals surface area (Å²) in [5.74, 6) is -1.24. The van der Waals surface area contributed by atoms with E-state index in [4.69, 9.17) is 9.72 Å². The SMILES string of the molecule is CO[C@@H]1CCN(c2nc3ccc(-n4cc(C(=O)O)c(=O)cc4-c4ccc(N5CCCC5)cc4)cc3s2)C1. The van der Waals surface area contributed by atoms with E-state index in [1.165, 1.54) is 25.1 Å². The maximum atomic E-state index is 12.7. The van der Waals surface area contributed by atoms with Gasteiger partial charge in [0.05, 0.1) is 22.0 Å². The maximum absolute atomic E-state index is 12.7. The van der Waals surface area contributed by atoms with Crippen molar-refractivity contribution in [2.45, 2.75) is 25.4 Å². The van der Waals surface area contributed by atoms with E-state index in [1.54, 1.807) is 23.0 Å². The van der Waals surface area contributed by atoms with E-state index in [0.717, 1.165) is 64.9 Å².